The lowest BCUT2D eigenvalue weighted by Crippen LogP contribution is -2.33. The highest BCUT2D eigenvalue weighted by atomic mass is 32.2. The van der Waals surface area contributed by atoms with Gasteiger partial charge in [0.1, 0.15) is 22.7 Å². The highest BCUT2D eigenvalue weighted by molar-refractivity contribution is 7.87. The van der Waals surface area contributed by atoms with Crippen molar-refractivity contribution in [1.29, 1.82) is 0 Å². The molecule has 0 aliphatic carbocycles. The normalized spacial score (nSPS) is 35.2. The van der Waals surface area contributed by atoms with Gasteiger partial charge in [-0.1, -0.05) is 0 Å². The molecular weight excluding hydrogens is 474 g/mol. The zero-order chi connectivity index (χ0) is 22.2. The van der Waals surface area contributed by atoms with E-state index in [2.05, 4.69) is 8.37 Å². The Labute approximate surface area is 170 Å². The van der Waals surface area contributed by atoms with Crippen LogP contribution in [0.15, 0.2) is 0 Å². The Hall–Kier alpha value is 0.120. The quantitative estimate of drug-likeness (QED) is 0.313. The van der Waals surface area contributed by atoms with Gasteiger partial charge in [-0.05, 0) is 20.3 Å². The lowest BCUT2D eigenvalue weighted by atomic mass is 10.2. The van der Waals surface area contributed by atoms with Crippen LogP contribution in [-0.2, 0) is 55.8 Å². The fraction of sp³-hybridized carbons (Fsp3) is 1.00. The van der Waals surface area contributed by atoms with Gasteiger partial charge in [0, 0.05) is 14.2 Å². The van der Waals surface area contributed by atoms with Gasteiger partial charge in [-0.3, -0.25) is 26.5 Å². The first kappa shape index (κ1) is 25.4. The van der Waals surface area contributed by atoms with Gasteiger partial charge in [0.25, 0.3) is 20.2 Å². The molecule has 0 saturated carbocycles. The molecule has 16 heteroatoms. The van der Waals surface area contributed by atoms with E-state index in [4.69, 9.17) is 18.1 Å². The first-order chi connectivity index (χ1) is 13.1. The van der Waals surface area contributed by atoms with E-state index in [-0.39, 0.29) is 32.0 Å². The van der Waals surface area contributed by atoms with Crippen molar-refractivity contribution in [1.82, 2.24) is 0 Å². The highest BCUT2D eigenvalue weighted by Gasteiger charge is 2.47. The Kier molecular flexibility index (Phi) is 7.50. The maximum atomic E-state index is 12.9. The zero-order valence-electron chi connectivity index (χ0n) is 16.6. The van der Waals surface area contributed by atoms with Crippen molar-refractivity contribution >= 4 is 35.4 Å². The second kappa shape index (κ2) is 8.57. The molecule has 2 fully saturated rings. The van der Waals surface area contributed by atoms with Crippen LogP contribution in [-0.4, -0.2) is 79.3 Å². The lowest BCUT2D eigenvalue weighted by molar-refractivity contribution is 0.0636. The fourth-order valence-electron chi connectivity index (χ4n) is 2.93. The molecule has 0 aromatic carbocycles. The molecule has 0 bridgehead atoms. The van der Waals surface area contributed by atoms with E-state index in [1.807, 2.05) is 0 Å². The summed E-state index contributed by atoms with van der Waals surface area (Å²) in [5.41, 5.74) is -2.68. The summed E-state index contributed by atoms with van der Waals surface area (Å²) < 4.78 is 102. The summed E-state index contributed by atoms with van der Waals surface area (Å²) in [6, 6.07) is 0. The SMILES string of the molecule is COP(=O)(CCCP(=O)(OC)OC1(C)COS(=O)(=O)C1)OC1(C)COS(=O)(=O)C1. The summed E-state index contributed by atoms with van der Waals surface area (Å²) in [7, 11) is -12.7. The first-order valence-corrected chi connectivity index (χ1v) is 15.1. The Morgan fingerprint density at radius 2 is 1.14 bits per heavy atom. The molecule has 4 unspecified atom stereocenters. The summed E-state index contributed by atoms with van der Waals surface area (Å²) in [5, 5.41) is 0. The van der Waals surface area contributed by atoms with Gasteiger partial charge in [0.05, 0.1) is 25.5 Å². The van der Waals surface area contributed by atoms with Crippen molar-refractivity contribution in [2.75, 3.05) is 51.3 Å². The molecule has 4 atom stereocenters. The molecule has 0 N–H and O–H groups in total. The van der Waals surface area contributed by atoms with Crippen molar-refractivity contribution < 1.29 is 52.4 Å². The van der Waals surface area contributed by atoms with Crippen LogP contribution in [0.2, 0.25) is 0 Å². The Morgan fingerprint density at radius 3 is 1.38 bits per heavy atom. The average molecular weight is 500 g/mol. The van der Waals surface area contributed by atoms with Gasteiger partial charge >= 0.3 is 15.2 Å². The molecule has 0 aromatic heterocycles. The van der Waals surface area contributed by atoms with Gasteiger partial charge in [-0.15, -0.1) is 0 Å². The Balaban J connectivity index is 1.97. The van der Waals surface area contributed by atoms with Crippen LogP contribution in [0.25, 0.3) is 0 Å². The molecule has 2 aliphatic heterocycles. The highest BCUT2D eigenvalue weighted by Crippen LogP contribution is 2.56. The van der Waals surface area contributed by atoms with Gasteiger partial charge in [0.15, 0.2) is 0 Å². The van der Waals surface area contributed by atoms with Crippen molar-refractivity contribution in [2.45, 2.75) is 31.5 Å². The largest absolute Gasteiger partial charge is 0.331 e. The molecule has 0 amide bonds. The minimum Gasteiger partial charge on any atom is -0.312 e. The minimum absolute atomic E-state index is 0.0175. The topological polar surface area (TPSA) is 158 Å². The summed E-state index contributed by atoms with van der Waals surface area (Å²) in [6.45, 7) is 2.28. The molecule has 29 heavy (non-hydrogen) atoms. The first-order valence-electron chi connectivity index (χ1n) is 8.52. The summed E-state index contributed by atoms with van der Waals surface area (Å²) in [5.74, 6) is -0.945. The molecule has 172 valence electrons. The van der Waals surface area contributed by atoms with Gasteiger partial charge in [-0.25, -0.2) is 0 Å². The third kappa shape index (κ3) is 7.06. The molecule has 0 aromatic rings. The molecule has 2 aliphatic rings. The molecular formula is C13H26O12P2S2. The van der Waals surface area contributed by atoms with Gasteiger partial charge in [-0.2, -0.15) is 16.8 Å². The van der Waals surface area contributed by atoms with Gasteiger partial charge < -0.3 is 9.05 Å². The standard InChI is InChI=1S/C13H26O12P2S2/c1-12(8-22-28(16,17)10-12)24-26(14,20-3)6-5-7-27(15,21-4)25-13(2)9-23-29(18,19)11-13/h5-11H2,1-4H3. The molecule has 12 nitrogen and oxygen atoms in total. The zero-order valence-corrected chi connectivity index (χ0v) is 20.0. The van der Waals surface area contributed by atoms with Crippen molar-refractivity contribution in [3.05, 3.63) is 0 Å². The number of rotatable bonds is 10. The minimum atomic E-state index is -3.76. The smallest absolute Gasteiger partial charge is 0.312 e. The fourth-order valence-corrected chi connectivity index (χ4v) is 9.52. The second-order valence-electron chi connectivity index (χ2n) is 7.40. The van der Waals surface area contributed by atoms with E-state index < -0.39 is 58.1 Å². The van der Waals surface area contributed by atoms with Crippen molar-refractivity contribution in [2.24, 2.45) is 0 Å². The third-order valence-electron chi connectivity index (χ3n) is 4.19. The van der Waals surface area contributed by atoms with E-state index >= 15 is 0 Å². The lowest BCUT2D eigenvalue weighted by Gasteiger charge is -2.28. The molecule has 2 rings (SSSR count). The Morgan fingerprint density at radius 1 is 0.793 bits per heavy atom. The van der Waals surface area contributed by atoms with Crippen LogP contribution in [0.5, 0.6) is 0 Å². The van der Waals surface area contributed by atoms with E-state index in [0.717, 1.165) is 14.2 Å². The summed E-state index contributed by atoms with van der Waals surface area (Å²) in [6.07, 6.45) is -0.369. The van der Waals surface area contributed by atoms with Crippen molar-refractivity contribution in [3.63, 3.8) is 0 Å². The average Bonchev–Trinajstić information content (AvgIpc) is 3.00. The maximum Gasteiger partial charge on any atom is 0.331 e. The van der Waals surface area contributed by atoms with Crippen LogP contribution in [0, 0.1) is 0 Å². The van der Waals surface area contributed by atoms with E-state index in [9.17, 15) is 26.0 Å². The molecule has 2 heterocycles. The molecule has 0 radical (unpaired) electrons. The number of hydrogen-bond donors (Lipinski definition) is 0. The van der Waals surface area contributed by atoms with Crippen molar-refractivity contribution in [3.8, 4) is 0 Å². The van der Waals surface area contributed by atoms with Crippen LogP contribution < -0.4 is 0 Å². The maximum absolute atomic E-state index is 12.9. The van der Waals surface area contributed by atoms with Crippen LogP contribution in [0.3, 0.4) is 0 Å². The van der Waals surface area contributed by atoms with Crippen LogP contribution >= 0.6 is 15.2 Å². The molecule has 0 spiro atoms. The van der Waals surface area contributed by atoms with Crippen LogP contribution in [0.4, 0.5) is 0 Å². The predicted molar refractivity (Wildman–Crippen MR) is 102 cm³/mol. The summed E-state index contributed by atoms with van der Waals surface area (Å²) >= 11 is 0. The predicted octanol–water partition coefficient (Wildman–Crippen LogP) is 1.33. The van der Waals surface area contributed by atoms with E-state index in [1.54, 1.807) is 0 Å². The van der Waals surface area contributed by atoms with E-state index in [0.29, 0.717) is 0 Å². The monoisotopic (exact) mass is 500 g/mol. The Bertz CT molecular complexity index is 842. The third-order valence-corrected chi connectivity index (χ3v) is 11.4. The number of hydrogen-bond acceptors (Lipinski definition) is 12. The summed E-state index contributed by atoms with van der Waals surface area (Å²) in [4.78, 5) is 0. The van der Waals surface area contributed by atoms with Crippen LogP contribution in [0.1, 0.15) is 20.3 Å². The molecule has 2 saturated heterocycles. The van der Waals surface area contributed by atoms with E-state index in [1.165, 1.54) is 13.8 Å². The second-order valence-corrected chi connectivity index (χ2v) is 15.1. The van der Waals surface area contributed by atoms with Gasteiger partial charge in [0.2, 0.25) is 0 Å².